The number of nitrogens with one attached hydrogen (secondary N) is 1. The van der Waals surface area contributed by atoms with Gasteiger partial charge in [0.05, 0.1) is 29.0 Å². The number of carbonyl (C=O) groups is 1. The monoisotopic (exact) mass is 521 g/mol. The molecule has 0 saturated carbocycles. The van der Waals surface area contributed by atoms with Crippen LogP contribution in [0.15, 0.2) is 94.8 Å². The maximum atomic E-state index is 13.9. The fraction of sp³-hybridized carbons (Fsp3) is 0.0769. The molecule has 0 fully saturated rings. The number of para-hydroxylation sites is 1. The van der Waals surface area contributed by atoms with Crippen LogP contribution >= 0.6 is 15.9 Å². The van der Waals surface area contributed by atoms with Crippen molar-refractivity contribution in [2.75, 3.05) is 7.11 Å². The van der Waals surface area contributed by atoms with Crippen molar-refractivity contribution in [2.24, 2.45) is 5.10 Å². The highest BCUT2D eigenvalue weighted by molar-refractivity contribution is 9.10. The molecule has 0 radical (unpaired) electrons. The molecule has 0 aliphatic rings. The average Bonchev–Trinajstić information content (AvgIpc) is 3.39. The molecule has 8 heteroatoms. The van der Waals surface area contributed by atoms with Crippen LogP contribution < -0.4 is 14.9 Å². The molecule has 6 nitrogen and oxygen atoms in total. The quantitative estimate of drug-likeness (QED) is 0.238. The van der Waals surface area contributed by atoms with Gasteiger partial charge in [-0.3, -0.25) is 4.79 Å². The minimum absolute atomic E-state index is 0.0476. The second-order valence-electron chi connectivity index (χ2n) is 7.22. The number of methoxy groups -OCH3 is 1. The number of halogens is 2. The van der Waals surface area contributed by atoms with E-state index in [1.807, 2.05) is 41.2 Å². The lowest BCUT2D eigenvalue weighted by atomic mass is 10.1. The molecule has 4 aromatic rings. The molecule has 0 bridgehead atoms. The molecule has 1 aromatic heterocycles. The zero-order valence-corrected chi connectivity index (χ0v) is 19.8. The summed E-state index contributed by atoms with van der Waals surface area (Å²) in [5.41, 5.74) is 4.91. The number of nitrogens with zero attached hydrogens (tertiary/aromatic N) is 2. The van der Waals surface area contributed by atoms with Crippen LogP contribution in [0.5, 0.6) is 11.5 Å². The summed E-state index contributed by atoms with van der Waals surface area (Å²) in [6.45, 7) is 0.0476. The van der Waals surface area contributed by atoms with Gasteiger partial charge in [0.25, 0.3) is 5.91 Å². The van der Waals surface area contributed by atoms with Gasteiger partial charge in [0, 0.05) is 18.0 Å². The van der Waals surface area contributed by atoms with Crippen LogP contribution in [0, 0.1) is 5.82 Å². The summed E-state index contributed by atoms with van der Waals surface area (Å²) in [5.74, 6) is 0.205. The molecule has 0 saturated heterocycles. The maximum absolute atomic E-state index is 13.9. The van der Waals surface area contributed by atoms with E-state index in [0.717, 1.165) is 5.69 Å². The van der Waals surface area contributed by atoms with Gasteiger partial charge in [0.1, 0.15) is 12.4 Å². The van der Waals surface area contributed by atoms with E-state index in [1.54, 1.807) is 42.5 Å². The third-order valence-electron chi connectivity index (χ3n) is 4.99. The molecule has 34 heavy (non-hydrogen) atoms. The Labute approximate surface area is 204 Å². The molecule has 0 aliphatic carbocycles. The van der Waals surface area contributed by atoms with Gasteiger partial charge in [-0.25, -0.2) is 9.82 Å². The Hall–Kier alpha value is -3.91. The van der Waals surface area contributed by atoms with Gasteiger partial charge >= 0.3 is 0 Å². The average molecular weight is 522 g/mol. The number of amides is 1. The molecule has 0 aliphatic heterocycles. The predicted molar refractivity (Wildman–Crippen MR) is 132 cm³/mol. The highest BCUT2D eigenvalue weighted by atomic mass is 79.9. The largest absolute Gasteiger partial charge is 0.493 e. The molecule has 1 amide bonds. The van der Waals surface area contributed by atoms with E-state index < -0.39 is 0 Å². The Morgan fingerprint density at radius 3 is 2.59 bits per heavy atom. The molecular weight excluding hydrogens is 501 g/mol. The molecule has 4 rings (SSSR count). The molecule has 0 unspecified atom stereocenters. The first-order chi connectivity index (χ1) is 16.6. The lowest BCUT2D eigenvalue weighted by Gasteiger charge is -2.14. The van der Waals surface area contributed by atoms with Crippen LogP contribution in [0.1, 0.15) is 21.5 Å². The van der Waals surface area contributed by atoms with E-state index >= 15 is 0 Å². The van der Waals surface area contributed by atoms with Crippen molar-refractivity contribution in [3.05, 3.63) is 112 Å². The number of hydrazone groups is 1. The zero-order chi connectivity index (χ0) is 23.9. The van der Waals surface area contributed by atoms with Crippen molar-refractivity contribution in [1.82, 2.24) is 9.99 Å². The smallest absolute Gasteiger partial charge is 0.273 e. The summed E-state index contributed by atoms with van der Waals surface area (Å²) in [5, 5.41) is 4.09. The van der Waals surface area contributed by atoms with E-state index in [-0.39, 0.29) is 18.3 Å². The number of hydrogen-bond acceptors (Lipinski definition) is 4. The summed E-state index contributed by atoms with van der Waals surface area (Å²) in [6, 6.07) is 21.0. The van der Waals surface area contributed by atoms with Gasteiger partial charge < -0.3 is 14.0 Å². The van der Waals surface area contributed by atoms with Crippen LogP contribution in [0.4, 0.5) is 4.39 Å². The normalized spacial score (nSPS) is 10.9. The van der Waals surface area contributed by atoms with Crippen LogP contribution in [0.25, 0.3) is 5.69 Å². The van der Waals surface area contributed by atoms with Gasteiger partial charge in [-0.05, 0) is 64.0 Å². The van der Waals surface area contributed by atoms with Gasteiger partial charge in [0.2, 0.25) is 0 Å². The lowest BCUT2D eigenvalue weighted by Crippen LogP contribution is -2.19. The fourth-order valence-corrected chi connectivity index (χ4v) is 3.91. The number of benzene rings is 3. The number of rotatable bonds is 8. The van der Waals surface area contributed by atoms with Crippen molar-refractivity contribution in [3.63, 3.8) is 0 Å². The van der Waals surface area contributed by atoms with Gasteiger partial charge in [-0.2, -0.15) is 5.10 Å². The Morgan fingerprint density at radius 2 is 1.82 bits per heavy atom. The number of carbonyl (C=O) groups excluding carboxylic acids is 1. The third-order valence-corrected chi connectivity index (χ3v) is 5.58. The van der Waals surface area contributed by atoms with E-state index in [9.17, 15) is 9.18 Å². The van der Waals surface area contributed by atoms with Crippen LogP contribution in [-0.2, 0) is 6.61 Å². The maximum Gasteiger partial charge on any atom is 0.273 e. The minimum atomic E-state index is -0.338. The highest BCUT2D eigenvalue weighted by Gasteiger charge is 2.14. The third kappa shape index (κ3) is 5.35. The van der Waals surface area contributed by atoms with Gasteiger partial charge in [-0.1, -0.05) is 30.3 Å². The minimum Gasteiger partial charge on any atom is -0.493 e. The van der Waals surface area contributed by atoms with Gasteiger partial charge in [0.15, 0.2) is 11.5 Å². The second kappa shape index (κ2) is 10.8. The molecule has 1 heterocycles. The van der Waals surface area contributed by atoms with Crippen molar-refractivity contribution in [1.29, 1.82) is 0 Å². The van der Waals surface area contributed by atoms with Gasteiger partial charge in [-0.15, -0.1) is 0 Å². The number of hydrogen-bond donors (Lipinski definition) is 1. The number of ether oxygens (including phenoxy) is 2. The lowest BCUT2D eigenvalue weighted by molar-refractivity contribution is 0.0955. The molecular formula is C26H21BrFN3O3. The van der Waals surface area contributed by atoms with Crippen molar-refractivity contribution >= 4 is 28.1 Å². The van der Waals surface area contributed by atoms with E-state index in [1.165, 1.54) is 19.4 Å². The standard InChI is InChI=1S/C26H21BrFN3O3/c1-33-24-15-18(14-21(27)25(24)34-17-19-8-2-4-10-22(19)28)16-29-30-26(32)20-9-3-5-11-23(20)31-12-6-7-13-31/h2-16H,17H2,1H3,(H,30,32)/b29-16+. The fourth-order valence-electron chi connectivity index (χ4n) is 3.33. The Morgan fingerprint density at radius 1 is 1.09 bits per heavy atom. The molecule has 0 atom stereocenters. The first-order valence-electron chi connectivity index (χ1n) is 10.4. The molecule has 1 N–H and O–H groups in total. The van der Waals surface area contributed by atoms with E-state index in [0.29, 0.717) is 32.7 Å². The van der Waals surface area contributed by atoms with Crippen LogP contribution in [0.3, 0.4) is 0 Å². The molecule has 0 spiro atoms. The Bertz CT molecular complexity index is 1320. The Balaban J connectivity index is 1.47. The summed E-state index contributed by atoms with van der Waals surface area (Å²) in [7, 11) is 1.51. The highest BCUT2D eigenvalue weighted by Crippen LogP contribution is 2.37. The van der Waals surface area contributed by atoms with Crippen molar-refractivity contribution < 1.29 is 18.7 Å². The zero-order valence-electron chi connectivity index (χ0n) is 18.2. The SMILES string of the molecule is COc1cc(/C=N/NC(=O)c2ccccc2-n2cccc2)cc(Br)c1OCc1ccccc1F. The van der Waals surface area contributed by atoms with Crippen LogP contribution in [0.2, 0.25) is 0 Å². The van der Waals surface area contributed by atoms with Crippen molar-refractivity contribution in [3.8, 4) is 17.2 Å². The Kier molecular flexibility index (Phi) is 7.39. The van der Waals surface area contributed by atoms with E-state index in [2.05, 4.69) is 26.5 Å². The van der Waals surface area contributed by atoms with E-state index in [4.69, 9.17) is 9.47 Å². The molecule has 172 valence electrons. The summed E-state index contributed by atoms with van der Waals surface area (Å²) in [4.78, 5) is 12.7. The second-order valence-corrected chi connectivity index (χ2v) is 8.08. The topological polar surface area (TPSA) is 64.8 Å². The van der Waals surface area contributed by atoms with Crippen molar-refractivity contribution in [2.45, 2.75) is 6.61 Å². The molecule has 3 aromatic carbocycles. The first-order valence-corrected chi connectivity index (χ1v) is 11.2. The summed E-state index contributed by atoms with van der Waals surface area (Å²) < 4.78 is 27.6. The first kappa shape index (κ1) is 23.3. The summed E-state index contributed by atoms with van der Waals surface area (Å²) in [6.07, 6.45) is 5.24. The summed E-state index contributed by atoms with van der Waals surface area (Å²) >= 11 is 3.47. The predicted octanol–water partition coefficient (Wildman–Crippen LogP) is 5.73. The van der Waals surface area contributed by atoms with Crippen LogP contribution in [-0.4, -0.2) is 23.8 Å². The number of aromatic nitrogens is 1.